The van der Waals surface area contributed by atoms with Crippen LogP contribution in [-0.4, -0.2) is 40.1 Å². The van der Waals surface area contributed by atoms with E-state index in [9.17, 15) is 4.79 Å². The molecule has 1 aromatic heterocycles. The van der Waals surface area contributed by atoms with E-state index < -0.39 is 0 Å². The maximum absolute atomic E-state index is 12.3. The van der Waals surface area contributed by atoms with Gasteiger partial charge < -0.3 is 15.2 Å². The molecule has 0 radical (unpaired) electrons. The number of hydrogen-bond donors (Lipinski definition) is 1. The van der Waals surface area contributed by atoms with Crippen molar-refractivity contribution in [3.05, 3.63) is 35.7 Å². The Morgan fingerprint density at radius 2 is 1.96 bits per heavy atom. The lowest BCUT2D eigenvalue weighted by Crippen LogP contribution is -2.42. The molecule has 0 spiro atoms. The zero-order valence-electron chi connectivity index (χ0n) is 14.9. The molecule has 0 saturated carbocycles. The summed E-state index contributed by atoms with van der Waals surface area (Å²) in [5.41, 5.74) is 8.08. The number of nitrogens with two attached hydrogens (primary N) is 1. The minimum atomic E-state index is 0.132. The number of carbonyl (C=O) groups is 1. The number of aromatic nitrogens is 2. The largest absolute Gasteiger partial charge is 0.343 e. The minimum absolute atomic E-state index is 0.132. The monoisotopic (exact) mass is 342 g/mol. The average Bonchev–Trinajstić information content (AvgIpc) is 3.09. The van der Waals surface area contributed by atoms with Gasteiger partial charge in [0.2, 0.25) is 17.6 Å². The number of aryl methyl sites for hydroxylation is 1. The van der Waals surface area contributed by atoms with Crippen LogP contribution in [0.1, 0.15) is 50.5 Å². The molecular weight excluding hydrogens is 316 g/mol. The first-order valence-corrected chi connectivity index (χ1v) is 8.99. The lowest BCUT2D eigenvalue weighted by molar-refractivity contribution is -0.132. The molecular formula is C19H26N4O2. The second kappa shape index (κ2) is 7.78. The molecule has 3 rings (SSSR count). The molecule has 0 aliphatic carbocycles. The summed E-state index contributed by atoms with van der Waals surface area (Å²) in [4.78, 5) is 18.5. The van der Waals surface area contributed by atoms with Crippen LogP contribution in [0.3, 0.4) is 0 Å². The summed E-state index contributed by atoms with van der Waals surface area (Å²) < 4.78 is 5.30. The van der Waals surface area contributed by atoms with Crippen LogP contribution in [0.15, 0.2) is 28.8 Å². The fourth-order valence-electron chi connectivity index (χ4n) is 3.01. The van der Waals surface area contributed by atoms with Gasteiger partial charge in [-0.1, -0.05) is 43.3 Å². The van der Waals surface area contributed by atoms with E-state index in [0.717, 1.165) is 31.5 Å². The Kier molecular flexibility index (Phi) is 5.48. The number of nitrogens with zero attached hydrogens (tertiary/aromatic N) is 3. The molecule has 6 nitrogen and oxygen atoms in total. The molecule has 0 atom stereocenters. The van der Waals surface area contributed by atoms with Gasteiger partial charge in [-0.3, -0.25) is 4.79 Å². The molecule has 1 aliphatic heterocycles. The van der Waals surface area contributed by atoms with Crippen molar-refractivity contribution < 1.29 is 9.32 Å². The third kappa shape index (κ3) is 4.45. The summed E-state index contributed by atoms with van der Waals surface area (Å²) in [7, 11) is 0. The summed E-state index contributed by atoms with van der Waals surface area (Å²) in [6, 6.07) is 8.41. The number of rotatable bonds is 5. The zero-order chi connectivity index (χ0) is 17.8. The number of benzene rings is 1. The van der Waals surface area contributed by atoms with E-state index in [1.54, 1.807) is 0 Å². The van der Waals surface area contributed by atoms with Gasteiger partial charge in [-0.2, -0.15) is 4.98 Å². The van der Waals surface area contributed by atoms with Crippen molar-refractivity contribution in [2.75, 3.05) is 13.1 Å². The predicted octanol–water partition coefficient (Wildman–Crippen LogP) is 2.74. The standard InChI is InChI=1S/C19H26N4O2/c1-13(2)14-3-5-15(6-4-14)19-21-17(25-22-19)7-8-18(24)23-11-9-16(20)10-12-23/h3-6,13,16H,7-12,20H2,1-2H3. The number of likely N-dealkylation sites (tertiary alicyclic amines) is 1. The van der Waals surface area contributed by atoms with Crippen LogP contribution in [0.5, 0.6) is 0 Å². The Bertz CT molecular complexity index is 700. The fraction of sp³-hybridized carbons (Fsp3) is 0.526. The second-order valence-corrected chi connectivity index (χ2v) is 7.01. The summed E-state index contributed by atoms with van der Waals surface area (Å²) in [5, 5.41) is 4.03. The van der Waals surface area contributed by atoms with E-state index in [-0.39, 0.29) is 11.9 Å². The summed E-state index contributed by atoms with van der Waals surface area (Å²) in [6.45, 7) is 5.82. The Labute approximate surface area is 148 Å². The highest BCUT2D eigenvalue weighted by molar-refractivity contribution is 5.76. The van der Waals surface area contributed by atoms with Crippen molar-refractivity contribution in [1.29, 1.82) is 0 Å². The highest BCUT2D eigenvalue weighted by Crippen LogP contribution is 2.21. The van der Waals surface area contributed by atoms with Gasteiger partial charge in [0.15, 0.2) is 0 Å². The van der Waals surface area contributed by atoms with Gasteiger partial charge in [-0.25, -0.2) is 0 Å². The number of carbonyl (C=O) groups excluding carboxylic acids is 1. The molecule has 1 saturated heterocycles. The molecule has 6 heteroatoms. The lowest BCUT2D eigenvalue weighted by atomic mass is 10.0. The molecule has 2 N–H and O–H groups in total. The summed E-state index contributed by atoms with van der Waals surface area (Å²) >= 11 is 0. The van der Waals surface area contributed by atoms with Crippen molar-refractivity contribution in [2.45, 2.75) is 51.5 Å². The van der Waals surface area contributed by atoms with Gasteiger partial charge in [0, 0.05) is 37.5 Å². The van der Waals surface area contributed by atoms with Crippen molar-refractivity contribution >= 4 is 5.91 Å². The van der Waals surface area contributed by atoms with Gasteiger partial charge >= 0.3 is 0 Å². The third-order valence-electron chi connectivity index (χ3n) is 4.75. The van der Waals surface area contributed by atoms with Crippen LogP contribution in [0.4, 0.5) is 0 Å². The van der Waals surface area contributed by atoms with Crippen LogP contribution in [0.2, 0.25) is 0 Å². The maximum Gasteiger partial charge on any atom is 0.227 e. The van der Waals surface area contributed by atoms with Crippen LogP contribution in [-0.2, 0) is 11.2 Å². The molecule has 1 amide bonds. The van der Waals surface area contributed by atoms with Crippen molar-refractivity contribution in [2.24, 2.45) is 5.73 Å². The molecule has 2 heterocycles. The lowest BCUT2D eigenvalue weighted by Gasteiger charge is -2.30. The summed E-state index contributed by atoms with van der Waals surface area (Å²) in [5.74, 6) is 1.70. The first-order valence-electron chi connectivity index (χ1n) is 8.99. The average molecular weight is 342 g/mol. The maximum atomic E-state index is 12.3. The van der Waals surface area contributed by atoms with E-state index in [4.69, 9.17) is 10.3 Å². The van der Waals surface area contributed by atoms with Crippen LogP contribution < -0.4 is 5.73 Å². The molecule has 134 valence electrons. The Morgan fingerprint density at radius 3 is 2.60 bits per heavy atom. The molecule has 25 heavy (non-hydrogen) atoms. The normalized spacial score (nSPS) is 15.8. The minimum Gasteiger partial charge on any atom is -0.343 e. The van der Waals surface area contributed by atoms with Crippen LogP contribution >= 0.6 is 0 Å². The van der Waals surface area contributed by atoms with E-state index in [0.29, 0.717) is 30.5 Å². The predicted molar refractivity (Wildman–Crippen MR) is 95.9 cm³/mol. The quantitative estimate of drug-likeness (QED) is 0.903. The van der Waals surface area contributed by atoms with Crippen LogP contribution in [0, 0.1) is 0 Å². The number of hydrogen-bond acceptors (Lipinski definition) is 5. The molecule has 0 bridgehead atoms. The van der Waals surface area contributed by atoms with E-state index in [1.165, 1.54) is 5.56 Å². The van der Waals surface area contributed by atoms with E-state index in [2.05, 4.69) is 36.1 Å². The fourth-order valence-corrected chi connectivity index (χ4v) is 3.01. The van der Waals surface area contributed by atoms with Crippen LogP contribution in [0.25, 0.3) is 11.4 Å². The summed E-state index contributed by atoms with van der Waals surface area (Å²) in [6.07, 6.45) is 2.62. The van der Waals surface area contributed by atoms with Crippen molar-refractivity contribution in [1.82, 2.24) is 15.0 Å². The van der Waals surface area contributed by atoms with E-state index >= 15 is 0 Å². The SMILES string of the molecule is CC(C)c1ccc(-c2noc(CCC(=O)N3CCC(N)CC3)n2)cc1. The Hall–Kier alpha value is -2.21. The van der Waals surface area contributed by atoms with Gasteiger partial charge in [-0.15, -0.1) is 0 Å². The van der Waals surface area contributed by atoms with Gasteiger partial charge in [0.25, 0.3) is 0 Å². The number of amides is 1. The smallest absolute Gasteiger partial charge is 0.227 e. The number of piperidine rings is 1. The first kappa shape index (κ1) is 17.6. The second-order valence-electron chi connectivity index (χ2n) is 7.01. The highest BCUT2D eigenvalue weighted by Gasteiger charge is 2.21. The Morgan fingerprint density at radius 1 is 1.28 bits per heavy atom. The van der Waals surface area contributed by atoms with Gasteiger partial charge in [-0.05, 0) is 24.3 Å². The molecule has 0 unspecified atom stereocenters. The van der Waals surface area contributed by atoms with E-state index in [1.807, 2.05) is 17.0 Å². The Balaban J connectivity index is 1.55. The zero-order valence-corrected chi connectivity index (χ0v) is 14.9. The molecule has 1 fully saturated rings. The third-order valence-corrected chi connectivity index (χ3v) is 4.75. The molecule has 1 aliphatic rings. The van der Waals surface area contributed by atoms with Gasteiger partial charge in [0.1, 0.15) is 0 Å². The van der Waals surface area contributed by atoms with Crippen molar-refractivity contribution in [3.8, 4) is 11.4 Å². The highest BCUT2D eigenvalue weighted by atomic mass is 16.5. The van der Waals surface area contributed by atoms with Crippen molar-refractivity contribution in [3.63, 3.8) is 0 Å². The van der Waals surface area contributed by atoms with Gasteiger partial charge in [0.05, 0.1) is 0 Å². The molecule has 2 aromatic rings. The first-order chi connectivity index (χ1) is 12.0. The molecule has 1 aromatic carbocycles. The topological polar surface area (TPSA) is 85.2 Å².